The summed E-state index contributed by atoms with van der Waals surface area (Å²) in [4.78, 5) is 12.5. The van der Waals surface area contributed by atoms with Crippen LogP contribution in [0.5, 0.6) is 17.2 Å². The van der Waals surface area contributed by atoms with Crippen molar-refractivity contribution in [1.29, 1.82) is 0 Å². The molecule has 0 fully saturated rings. The molecule has 0 bridgehead atoms. The van der Waals surface area contributed by atoms with Crippen molar-refractivity contribution in [2.24, 2.45) is 0 Å². The number of urea groups is 1. The van der Waals surface area contributed by atoms with Gasteiger partial charge >= 0.3 is 6.03 Å². The summed E-state index contributed by atoms with van der Waals surface area (Å²) in [6, 6.07) is 12.7. The van der Waals surface area contributed by atoms with Gasteiger partial charge in [-0.1, -0.05) is 11.6 Å². The van der Waals surface area contributed by atoms with Crippen LogP contribution in [-0.2, 0) is 6.54 Å². The van der Waals surface area contributed by atoms with Crippen LogP contribution in [0.25, 0.3) is 5.69 Å². The highest BCUT2D eigenvalue weighted by atomic mass is 35.5. The van der Waals surface area contributed by atoms with E-state index in [2.05, 4.69) is 21.3 Å². The summed E-state index contributed by atoms with van der Waals surface area (Å²) in [7, 11) is 4.58. The molecule has 1 aromatic heterocycles. The third-order valence-corrected chi connectivity index (χ3v) is 5.23. The summed E-state index contributed by atoms with van der Waals surface area (Å²) >= 11 is 6.00. The van der Waals surface area contributed by atoms with Gasteiger partial charge in [0.1, 0.15) is 0 Å². The topological polar surface area (TPSA) is 73.8 Å². The second-order valence-corrected chi connectivity index (χ2v) is 7.37. The van der Waals surface area contributed by atoms with Gasteiger partial charge in [-0.05, 0) is 49.7 Å². The Morgan fingerprint density at radius 1 is 0.968 bits per heavy atom. The predicted molar refractivity (Wildman–Crippen MR) is 122 cm³/mol. The monoisotopic (exact) mass is 443 g/mol. The number of halogens is 1. The molecule has 0 aliphatic heterocycles. The minimum atomic E-state index is -0.342. The smallest absolute Gasteiger partial charge is 0.319 e. The van der Waals surface area contributed by atoms with Crippen LogP contribution < -0.4 is 24.8 Å². The second-order valence-electron chi connectivity index (χ2n) is 6.93. The molecule has 0 spiro atoms. The molecule has 0 atom stereocenters. The first-order valence-electron chi connectivity index (χ1n) is 9.66. The highest BCUT2D eigenvalue weighted by Crippen LogP contribution is 2.39. The maximum absolute atomic E-state index is 12.5. The Hall–Kier alpha value is -3.32. The van der Waals surface area contributed by atoms with E-state index in [1.165, 1.54) is 21.3 Å². The maximum Gasteiger partial charge on any atom is 0.319 e. The number of carbonyl (C=O) groups is 1. The number of aromatic nitrogens is 1. The second kappa shape index (κ2) is 9.66. The lowest BCUT2D eigenvalue weighted by molar-refractivity contribution is 0.251. The first-order chi connectivity index (χ1) is 14.9. The molecule has 164 valence electrons. The first kappa shape index (κ1) is 22.4. The summed E-state index contributed by atoms with van der Waals surface area (Å²) in [6.45, 7) is 4.43. The van der Waals surface area contributed by atoms with Crippen molar-refractivity contribution in [3.8, 4) is 22.9 Å². The lowest BCUT2D eigenvalue weighted by atomic mass is 10.2. The van der Waals surface area contributed by atoms with Crippen LogP contribution in [0.1, 0.15) is 17.0 Å². The molecule has 8 heteroatoms. The van der Waals surface area contributed by atoms with Gasteiger partial charge in [0.15, 0.2) is 11.5 Å². The Kier molecular flexibility index (Phi) is 6.97. The average molecular weight is 444 g/mol. The zero-order chi connectivity index (χ0) is 22.5. The van der Waals surface area contributed by atoms with E-state index in [-0.39, 0.29) is 6.03 Å². The fraction of sp³-hybridized carbons (Fsp3) is 0.261. The van der Waals surface area contributed by atoms with Crippen molar-refractivity contribution in [3.05, 3.63) is 64.4 Å². The summed E-state index contributed by atoms with van der Waals surface area (Å²) in [5.74, 6) is 1.39. The molecule has 0 aliphatic carbocycles. The first-order valence-corrected chi connectivity index (χ1v) is 10.0. The summed E-state index contributed by atoms with van der Waals surface area (Å²) in [5.41, 5.74) is 4.69. The standard InChI is InChI=1S/C23H26ClN3O4/c1-14-10-16(15(2)27(14)19-8-6-17(24)7-9-19)13-25-23(28)26-18-11-20(29-3)22(31-5)21(12-18)30-4/h6-12H,13H2,1-5H3,(H2,25,26,28). The molecule has 2 N–H and O–H groups in total. The van der Waals surface area contributed by atoms with E-state index in [0.717, 1.165) is 22.6 Å². The summed E-state index contributed by atoms with van der Waals surface area (Å²) in [6.07, 6.45) is 0. The number of nitrogens with zero attached hydrogens (tertiary/aromatic N) is 1. The van der Waals surface area contributed by atoms with Crippen LogP contribution in [0.15, 0.2) is 42.5 Å². The van der Waals surface area contributed by atoms with Gasteiger partial charge in [0.25, 0.3) is 0 Å². The van der Waals surface area contributed by atoms with Crippen LogP contribution in [0.2, 0.25) is 5.02 Å². The molecule has 2 aromatic carbocycles. The molecule has 31 heavy (non-hydrogen) atoms. The van der Waals surface area contributed by atoms with Gasteiger partial charge in [0.2, 0.25) is 5.75 Å². The molecular formula is C23H26ClN3O4. The van der Waals surface area contributed by atoms with Crippen molar-refractivity contribution in [2.75, 3.05) is 26.6 Å². The van der Waals surface area contributed by atoms with E-state index < -0.39 is 0 Å². The number of hydrogen-bond donors (Lipinski definition) is 2. The normalized spacial score (nSPS) is 10.5. The van der Waals surface area contributed by atoms with Crippen LogP contribution in [-0.4, -0.2) is 31.9 Å². The van der Waals surface area contributed by atoms with Crippen molar-refractivity contribution < 1.29 is 19.0 Å². The number of amides is 2. The summed E-state index contributed by atoms with van der Waals surface area (Å²) < 4.78 is 18.1. The molecule has 3 aromatic rings. The Bertz CT molecular complexity index is 1050. The van der Waals surface area contributed by atoms with Gasteiger partial charge < -0.3 is 29.4 Å². The number of carbonyl (C=O) groups excluding carboxylic acids is 1. The highest BCUT2D eigenvalue weighted by Gasteiger charge is 2.15. The van der Waals surface area contributed by atoms with Crippen LogP contribution >= 0.6 is 11.6 Å². The molecule has 1 heterocycles. The number of aryl methyl sites for hydroxylation is 1. The fourth-order valence-electron chi connectivity index (χ4n) is 3.50. The van der Waals surface area contributed by atoms with Gasteiger partial charge in [0.05, 0.1) is 27.0 Å². The quantitative estimate of drug-likeness (QED) is 0.533. The number of nitrogens with one attached hydrogen (secondary N) is 2. The minimum Gasteiger partial charge on any atom is -0.493 e. The zero-order valence-corrected chi connectivity index (χ0v) is 19.0. The van der Waals surface area contributed by atoms with Gasteiger partial charge in [-0.3, -0.25) is 0 Å². The minimum absolute atomic E-state index is 0.342. The molecule has 3 rings (SSSR count). The van der Waals surface area contributed by atoms with E-state index in [9.17, 15) is 4.79 Å². The van der Waals surface area contributed by atoms with Gasteiger partial charge in [-0.2, -0.15) is 0 Å². The Balaban J connectivity index is 1.72. The lowest BCUT2D eigenvalue weighted by Gasteiger charge is -2.15. The van der Waals surface area contributed by atoms with E-state index in [0.29, 0.717) is 34.5 Å². The van der Waals surface area contributed by atoms with Crippen molar-refractivity contribution in [1.82, 2.24) is 9.88 Å². The van der Waals surface area contributed by atoms with Crippen molar-refractivity contribution >= 4 is 23.3 Å². The Morgan fingerprint density at radius 3 is 2.13 bits per heavy atom. The Labute approximate surface area is 186 Å². The Morgan fingerprint density at radius 2 is 1.58 bits per heavy atom. The third-order valence-electron chi connectivity index (χ3n) is 4.98. The van der Waals surface area contributed by atoms with Gasteiger partial charge in [-0.15, -0.1) is 0 Å². The lowest BCUT2D eigenvalue weighted by Crippen LogP contribution is -2.28. The molecule has 0 aliphatic rings. The van der Waals surface area contributed by atoms with Crippen LogP contribution in [0, 0.1) is 13.8 Å². The number of hydrogen-bond acceptors (Lipinski definition) is 4. The SMILES string of the molecule is COc1cc(NC(=O)NCc2cc(C)n(-c3ccc(Cl)cc3)c2C)cc(OC)c1OC. The molecular weight excluding hydrogens is 418 g/mol. The van der Waals surface area contributed by atoms with Crippen molar-refractivity contribution in [3.63, 3.8) is 0 Å². The van der Waals surface area contributed by atoms with E-state index >= 15 is 0 Å². The van der Waals surface area contributed by atoms with Crippen LogP contribution in [0.4, 0.5) is 10.5 Å². The largest absolute Gasteiger partial charge is 0.493 e. The van der Waals surface area contributed by atoms with Gasteiger partial charge in [0, 0.05) is 40.8 Å². The van der Waals surface area contributed by atoms with Crippen molar-refractivity contribution in [2.45, 2.75) is 20.4 Å². The van der Waals surface area contributed by atoms with E-state index in [4.69, 9.17) is 25.8 Å². The molecule has 0 saturated carbocycles. The fourth-order valence-corrected chi connectivity index (χ4v) is 3.63. The third kappa shape index (κ3) is 4.88. The van der Waals surface area contributed by atoms with Gasteiger partial charge in [-0.25, -0.2) is 4.79 Å². The number of anilines is 1. The number of rotatable bonds is 7. The number of benzene rings is 2. The van der Waals surface area contributed by atoms with E-state index in [1.807, 2.05) is 38.1 Å². The average Bonchev–Trinajstić information content (AvgIpc) is 3.05. The number of ether oxygens (including phenoxy) is 3. The molecule has 2 amide bonds. The van der Waals surface area contributed by atoms with Crippen LogP contribution in [0.3, 0.4) is 0 Å². The molecule has 0 radical (unpaired) electrons. The zero-order valence-electron chi connectivity index (χ0n) is 18.2. The number of methoxy groups -OCH3 is 3. The summed E-state index contributed by atoms with van der Waals surface area (Å²) in [5, 5.41) is 6.39. The molecule has 0 unspecified atom stereocenters. The van der Waals surface area contributed by atoms with E-state index in [1.54, 1.807) is 12.1 Å². The predicted octanol–water partition coefficient (Wildman–Crippen LogP) is 5.10. The molecule has 7 nitrogen and oxygen atoms in total. The maximum atomic E-state index is 12.5. The molecule has 0 saturated heterocycles. The highest BCUT2D eigenvalue weighted by molar-refractivity contribution is 6.30.